The molecule has 5 aromatic carbocycles. The van der Waals surface area contributed by atoms with E-state index in [-0.39, 0.29) is 22.7 Å². The van der Waals surface area contributed by atoms with Gasteiger partial charge in [0.2, 0.25) is 11.6 Å². The van der Waals surface area contributed by atoms with E-state index in [1.54, 1.807) is 22.7 Å². The second-order valence-corrected chi connectivity index (χ2v) is 33.9. The topological polar surface area (TPSA) is 129 Å². The normalized spacial score (nSPS) is 15.0. The molecular formula is C90H78N4O2S6. The SMILES string of the molecule is CCCCCCc1ccc(C2(c3ccc(CCCCCC)cc3)c3cc4c(cc3-c3sc(/C=C5\C(=O)c6sc7ccsc7c6C5=C(C#N)C#N)cc32)C(c2ccc(CCCCCC)cc2)(c2ccc(CCCCCC)cc2)c2cc(/C=C3\C(=O)c5sc6ccsc6c5C3=C(C#N)C#N)sc2-4)cc1. The number of carbonyl (C=O) groups excluding carboxylic acids is 2. The fraction of sp³-hybridized carbons (Fsp3) is 0.289. The first kappa shape index (κ1) is 68.8. The summed E-state index contributed by atoms with van der Waals surface area (Å²) < 4.78 is 3.79. The van der Waals surface area contributed by atoms with E-state index < -0.39 is 10.8 Å². The van der Waals surface area contributed by atoms with E-state index in [9.17, 15) is 21.0 Å². The molecule has 15 rings (SSSR count). The van der Waals surface area contributed by atoms with Crippen LogP contribution < -0.4 is 0 Å². The zero-order valence-corrected chi connectivity index (χ0v) is 63.1. The van der Waals surface area contributed by atoms with Gasteiger partial charge in [0, 0.05) is 62.3 Å². The fourth-order valence-electron chi connectivity index (χ4n) is 16.6. The van der Waals surface area contributed by atoms with Crippen LogP contribution in [0.4, 0.5) is 0 Å². The molecule has 0 fully saturated rings. The van der Waals surface area contributed by atoms with Crippen molar-refractivity contribution < 1.29 is 9.59 Å². The molecule has 0 aliphatic heterocycles. The lowest BCUT2D eigenvalue weighted by Gasteiger charge is -2.35. The molecule has 0 bridgehead atoms. The van der Waals surface area contributed by atoms with Gasteiger partial charge in [0.25, 0.3) is 0 Å². The molecular weight excluding hydrogens is 1360 g/mol. The number of Topliss-reactive ketones (excluding diaryl/α,β-unsaturated/α-hetero) is 2. The Morgan fingerprint density at radius 2 is 0.686 bits per heavy atom. The van der Waals surface area contributed by atoms with Crippen molar-refractivity contribution in [2.24, 2.45) is 0 Å². The molecule has 0 amide bonds. The summed E-state index contributed by atoms with van der Waals surface area (Å²) in [6, 6.07) is 60.2. The van der Waals surface area contributed by atoms with E-state index in [1.165, 1.54) is 145 Å². The van der Waals surface area contributed by atoms with Crippen LogP contribution in [0, 0.1) is 45.3 Å². The third-order valence-electron chi connectivity index (χ3n) is 21.6. The van der Waals surface area contributed by atoms with Gasteiger partial charge in [-0.05, 0) is 189 Å². The summed E-state index contributed by atoms with van der Waals surface area (Å²) in [6.45, 7) is 9.03. The third-order valence-corrected chi connectivity index (χ3v) is 28.3. The minimum Gasteiger partial charge on any atom is -0.288 e. The predicted octanol–water partition coefficient (Wildman–Crippen LogP) is 25.7. The predicted molar refractivity (Wildman–Crippen MR) is 428 cm³/mol. The Morgan fingerprint density at radius 1 is 0.373 bits per heavy atom. The first-order chi connectivity index (χ1) is 50.1. The van der Waals surface area contributed by atoms with Gasteiger partial charge in [-0.3, -0.25) is 9.59 Å². The molecule has 0 radical (unpaired) electrons. The van der Waals surface area contributed by atoms with Gasteiger partial charge in [-0.2, -0.15) is 21.0 Å². The van der Waals surface area contributed by atoms with Crippen LogP contribution in [-0.2, 0) is 36.5 Å². The van der Waals surface area contributed by atoms with Crippen molar-refractivity contribution in [2.45, 2.75) is 167 Å². The number of hydrogen-bond donors (Lipinski definition) is 0. The van der Waals surface area contributed by atoms with E-state index >= 15 is 9.59 Å². The third kappa shape index (κ3) is 11.7. The molecule has 4 aliphatic rings. The number of benzene rings is 5. The van der Waals surface area contributed by atoms with E-state index in [0.29, 0.717) is 43.2 Å². The van der Waals surface area contributed by atoms with Gasteiger partial charge in [-0.25, -0.2) is 0 Å². The molecule has 6 nitrogen and oxygen atoms in total. The lowest BCUT2D eigenvalue weighted by atomic mass is 9.65. The average molecular weight is 1440 g/mol. The number of hydrogen-bond acceptors (Lipinski definition) is 12. The van der Waals surface area contributed by atoms with Gasteiger partial charge in [-0.15, -0.1) is 68.0 Å². The molecule has 4 aliphatic carbocycles. The van der Waals surface area contributed by atoms with Crippen LogP contribution in [0.25, 0.3) is 63.0 Å². The summed E-state index contributed by atoms with van der Waals surface area (Å²) in [5.74, 6) is -0.334. The van der Waals surface area contributed by atoms with E-state index in [0.717, 1.165) is 145 Å². The number of allylic oxidation sites excluding steroid dienone is 6. The van der Waals surface area contributed by atoms with Crippen molar-refractivity contribution in [3.63, 3.8) is 0 Å². The number of nitrogens with zero attached hydrogens (tertiary/aromatic N) is 4. The lowest BCUT2D eigenvalue weighted by molar-refractivity contribution is 0.103. The molecule has 0 unspecified atom stereocenters. The molecule has 0 spiro atoms. The number of unbranched alkanes of at least 4 members (excludes halogenated alkanes) is 12. The summed E-state index contributed by atoms with van der Waals surface area (Å²) in [7, 11) is 0. The summed E-state index contributed by atoms with van der Waals surface area (Å²) in [4.78, 5) is 35.3. The number of ketones is 2. The van der Waals surface area contributed by atoms with Crippen molar-refractivity contribution in [3.8, 4) is 45.2 Å². The number of thiophene rings is 6. The second-order valence-electron chi connectivity index (χ2n) is 27.8. The van der Waals surface area contributed by atoms with Crippen molar-refractivity contribution >= 4 is 122 Å². The maximum atomic E-state index is 15.1. The zero-order chi connectivity index (χ0) is 70.2. The van der Waals surface area contributed by atoms with E-state index in [2.05, 4.69) is 173 Å². The van der Waals surface area contributed by atoms with Crippen molar-refractivity contribution in [2.75, 3.05) is 0 Å². The van der Waals surface area contributed by atoms with Gasteiger partial charge in [0.1, 0.15) is 35.4 Å². The number of carbonyl (C=O) groups is 2. The summed E-state index contributed by atoms with van der Waals surface area (Å²) in [5, 5.41) is 46.8. The van der Waals surface area contributed by atoms with E-state index in [4.69, 9.17) is 0 Å². The monoisotopic (exact) mass is 1440 g/mol. The highest BCUT2D eigenvalue weighted by Crippen LogP contribution is 2.66. The average Bonchev–Trinajstić information content (AvgIpc) is 1.50. The second kappa shape index (κ2) is 29.4. The molecule has 0 saturated carbocycles. The Morgan fingerprint density at radius 3 is 0.980 bits per heavy atom. The molecule has 11 aromatic rings. The van der Waals surface area contributed by atoms with Crippen LogP contribution in [-0.4, -0.2) is 11.6 Å². The summed E-state index contributed by atoms with van der Waals surface area (Å²) >= 11 is 9.29. The zero-order valence-electron chi connectivity index (χ0n) is 58.2. The molecule has 102 heavy (non-hydrogen) atoms. The molecule has 0 atom stereocenters. The van der Waals surface area contributed by atoms with Crippen molar-refractivity contribution in [1.82, 2.24) is 0 Å². The van der Waals surface area contributed by atoms with Gasteiger partial charge >= 0.3 is 0 Å². The molecule has 6 aromatic heterocycles. The van der Waals surface area contributed by atoms with Crippen molar-refractivity contribution in [1.29, 1.82) is 21.0 Å². The number of rotatable bonds is 26. The molecule has 0 saturated heterocycles. The van der Waals surface area contributed by atoms with Gasteiger partial charge in [0.05, 0.1) is 30.0 Å². The first-order valence-electron chi connectivity index (χ1n) is 36.6. The van der Waals surface area contributed by atoms with Crippen molar-refractivity contribution in [3.05, 3.63) is 264 Å². The maximum absolute atomic E-state index is 15.1. The highest BCUT2D eigenvalue weighted by Gasteiger charge is 2.53. The molecule has 6 heterocycles. The standard InChI is InChI=1S/C90H78N4O2S6/c1-5-9-13-17-21-55-25-33-61(34-26-55)89(62-35-27-56(28-36-62)22-18-14-10-6-2)71-49-68-72(50-67(71)83-73(89)47-65(99-83)45-69-77(59(51-91)52-92)79-85-75(41-43-97-85)101-87(79)81(69)95)90(63-37-29-57(30-38-63)23-19-15-11-7-3,64-39-31-58(32-40-64)24-20-16-12-8-4)74-48-66(100-84(68)74)46-70-78(60(53-93)54-94)80-86-76(42-44-98-86)102-88(80)82(70)96/h25-50H,5-24H2,1-4H3/b69-45-,70-46-. The molecule has 12 heteroatoms. The minimum absolute atomic E-state index is 0.0697. The minimum atomic E-state index is -0.892. The van der Waals surface area contributed by atoms with Crippen LogP contribution in [0.1, 0.15) is 237 Å². The van der Waals surface area contributed by atoms with Crippen LogP contribution >= 0.6 is 68.0 Å². The molecule has 506 valence electrons. The Hall–Kier alpha value is -8.92. The fourth-order valence-corrected chi connectivity index (χ4v) is 23.6. The van der Waals surface area contributed by atoms with Gasteiger partial charge in [-0.1, -0.05) is 202 Å². The maximum Gasteiger partial charge on any atom is 0.204 e. The van der Waals surface area contributed by atoms with Crippen LogP contribution in [0.15, 0.2) is 167 Å². The molecule has 0 N–H and O–H groups in total. The quantitative estimate of drug-likeness (QED) is 0.0302. The number of nitriles is 4. The Bertz CT molecular complexity index is 4940. The Balaban J connectivity index is 1.01. The van der Waals surface area contributed by atoms with Crippen LogP contribution in [0.5, 0.6) is 0 Å². The highest BCUT2D eigenvalue weighted by atomic mass is 32.1. The van der Waals surface area contributed by atoms with E-state index in [1.807, 2.05) is 35.0 Å². The highest BCUT2D eigenvalue weighted by molar-refractivity contribution is 7.29. The first-order valence-corrected chi connectivity index (χ1v) is 41.6. The smallest absolute Gasteiger partial charge is 0.204 e. The van der Waals surface area contributed by atoms with Gasteiger partial charge in [0.15, 0.2) is 0 Å². The van der Waals surface area contributed by atoms with Crippen LogP contribution in [0.2, 0.25) is 0 Å². The van der Waals surface area contributed by atoms with Gasteiger partial charge < -0.3 is 0 Å². The largest absolute Gasteiger partial charge is 0.288 e. The lowest BCUT2D eigenvalue weighted by Crippen LogP contribution is -2.30. The van der Waals surface area contributed by atoms with Crippen LogP contribution in [0.3, 0.4) is 0 Å². The number of aryl methyl sites for hydroxylation is 4. The Kier molecular flexibility index (Phi) is 19.9. The summed E-state index contributed by atoms with van der Waals surface area (Å²) in [6.07, 6.45) is 26.5. The number of fused-ring (bicyclic) bond motifs is 12. The summed E-state index contributed by atoms with van der Waals surface area (Å²) in [5.41, 5.74) is 17.5. The Labute approximate surface area is 623 Å².